The van der Waals surface area contributed by atoms with Crippen LogP contribution in [0.15, 0.2) is 12.3 Å². The summed E-state index contributed by atoms with van der Waals surface area (Å²) in [5.74, 6) is 0.266. The van der Waals surface area contributed by atoms with E-state index in [0.29, 0.717) is 5.65 Å². The van der Waals surface area contributed by atoms with Crippen LogP contribution >= 0.6 is 12.2 Å². The summed E-state index contributed by atoms with van der Waals surface area (Å²) in [5.41, 5.74) is 7.00. The van der Waals surface area contributed by atoms with Gasteiger partial charge < -0.3 is 10.7 Å². The number of pyridine rings is 1. The smallest absolute Gasteiger partial charge is 0.222 e. The summed E-state index contributed by atoms with van der Waals surface area (Å²) in [6, 6.07) is 1.81. The second-order valence-corrected chi connectivity index (χ2v) is 3.17. The Morgan fingerprint density at radius 3 is 3.00 bits per heavy atom. The van der Waals surface area contributed by atoms with Crippen molar-refractivity contribution in [3.8, 4) is 0 Å². The largest absolute Gasteiger partial charge is 0.368 e. The van der Waals surface area contributed by atoms with E-state index in [-0.39, 0.29) is 5.95 Å². The maximum Gasteiger partial charge on any atom is 0.222 e. The van der Waals surface area contributed by atoms with Crippen molar-refractivity contribution in [2.45, 2.75) is 6.92 Å². The minimum absolute atomic E-state index is 0.266. The number of hydrogen-bond acceptors (Lipinski definition) is 4. The van der Waals surface area contributed by atoms with E-state index in [4.69, 9.17) is 18.0 Å². The van der Waals surface area contributed by atoms with Crippen LogP contribution in [0.25, 0.3) is 11.0 Å². The third-order valence-electron chi connectivity index (χ3n) is 1.81. The average molecular weight is 192 g/mol. The van der Waals surface area contributed by atoms with E-state index in [0.717, 1.165) is 15.6 Å². The highest BCUT2D eigenvalue weighted by atomic mass is 32.1. The number of hydrogen-bond donors (Lipinski definition) is 2. The SMILES string of the molecule is Cc1nc(N)nc2[nH]ccc(=S)c12. The second-order valence-electron chi connectivity index (χ2n) is 2.73. The first-order valence-corrected chi connectivity index (χ1v) is 4.21. The molecule has 0 atom stereocenters. The molecule has 0 aliphatic heterocycles. The maximum absolute atomic E-state index is 5.50. The molecule has 2 aromatic rings. The Balaban J connectivity index is 3.03. The summed E-state index contributed by atoms with van der Waals surface area (Å²) < 4.78 is 0.742. The van der Waals surface area contributed by atoms with E-state index < -0.39 is 0 Å². The molecule has 2 rings (SSSR count). The zero-order chi connectivity index (χ0) is 9.42. The van der Waals surface area contributed by atoms with Crippen molar-refractivity contribution < 1.29 is 0 Å². The minimum Gasteiger partial charge on any atom is -0.368 e. The van der Waals surface area contributed by atoms with Crippen molar-refractivity contribution in [2.24, 2.45) is 0 Å². The molecule has 66 valence electrons. The highest BCUT2D eigenvalue weighted by Crippen LogP contribution is 2.14. The third-order valence-corrected chi connectivity index (χ3v) is 2.15. The summed E-state index contributed by atoms with van der Waals surface area (Å²) in [7, 11) is 0. The van der Waals surface area contributed by atoms with Crippen LogP contribution in [-0.4, -0.2) is 15.0 Å². The second kappa shape index (κ2) is 2.77. The Hall–Kier alpha value is -1.49. The molecule has 0 saturated heterocycles. The van der Waals surface area contributed by atoms with Gasteiger partial charge in [0, 0.05) is 6.20 Å². The number of aromatic amines is 1. The first kappa shape index (κ1) is 8.12. The van der Waals surface area contributed by atoms with Crippen LogP contribution in [0.4, 0.5) is 5.95 Å². The van der Waals surface area contributed by atoms with Gasteiger partial charge in [-0.3, -0.25) is 0 Å². The molecule has 0 bridgehead atoms. The standard InChI is InChI=1S/C8H8N4S/c1-4-6-5(13)2-3-10-7(6)12-8(9)11-4/h2-3H,1H3,(H3,9,10,11,12,13). The van der Waals surface area contributed by atoms with Crippen LogP contribution in [0.2, 0.25) is 0 Å². The number of nitrogens with zero attached hydrogens (tertiary/aromatic N) is 2. The molecule has 3 N–H and O–H groups in total. The van der Waals surface area contributed by atoms with Gasteiger partial charge in [-0.15, -0.1) is 0 Å². The number of fused-ring (bicyclic) bond motifs is 1. The summed E-state index contributed by atoms with van der Waals surface area (Å²) in [4.78, 5) is 11.1. The van der Waals surface area contributed by atoms with E-state index in [1.54, 1.807) is 6.20 Å². The Morgan fingerprint density at radius 1 is 1.46 bits per heavy atom. The van der Waals surface area contributed by atoms with E-state index in [1.165, 1.54) is 0 Å². The van der Waals surface area contributed by atoms with Gasteiger partial charge in [-0.05, 0) is 13.0 Å². The topological polar surface area (TPSA) is 67.6 Å². The molecule has 0 spiro atoms. The molecule has 0 saturated carbocycles. The van der Waals surface area contributed by atoms with E-state index >= 15 is 0 Å². The first-order valence-electron chi connectivity index (χ1n) is 3.80. The normalized spacial score (nSPS) is 10.5. The summed E-state index contributed by atoms with van der Waals surface area (Å²) in [5, 5.41) is 0.867. The fourth-order valence-electron chi connectivity index (χ4n) is 1.27. The fraction of sp³-hybridized carbons (Fsp3) is 0.125. The summed E-state index contributed by atoms with van der Waals surface area (Å²) in [6.07, 6.45) is 1.75. The highest BCUT2D eigenvalue weighted by molar-refractivity contribution is 7.71. The van der Waals surface area contributed by atoms with Crippen molar-refractivity contribution in [3.05, 3.63) is 22.5 Å². The molecular formula is C8H8N4S. The number of anilines is 1. The molecular weight excluding hydrogens is 184 g/mol. The van der Waals surface area contributed by atoms with Crippen LogP contribution in [0.3, 0.4) is 0 Å². The molecule has 0 aliphatic rings. The molecule has 0 aromatic carbocycles. The van der Waals surface area contributed by atoms with Gasteiger partial charge in [0.2, 0.25) is 5.95 Å². The van der Waals surface area contributed by atoms with Crippen molar-refractivity contribution >= 4 is 29.2 Å². The third kappa shape index (κ3) is 1.27. The molecule has 13 heavy (non-hydrogen) atoms. The van der Waals surface area contributed by atoms with Crippen LogP contribution < -0.4 is 5.73 Å². The lowest BCUT2D eigenvalue weighted by Crippen LogP contribution is -1.99. The fourth-order valence-corrected chi connectivity index (χ4v) is 1.59. The van der Waals surface area contributed by atoms with Crippen molar-refractivity contribution in [1.29, 1.82) is 0 Å². The zero-order valence-corrected chi connectivity index (χ0v) is 7.85. The molecule has 5 heteroatoms. The Morgan fingerprint density at radius 2 is 2.23 bits per heavy atom. The van der Waals surface area contributed by atoms with Gasteiger partial charge in [0.25, 0.3) is 0 Å². The first-order chi connectivity index (χ1) is 6.18. The number of nitrogen functional groups attached to an aromatic ring is 1. The number of H-pyrrole nitrogens is 1. The van der Waals surface area contributed by atoms with Gasteiger partial charge in [-0.1, -0.05) is 12.2 Å². The predicted octanol–water partition coefficient (Wildman–Crippen LogP) is 1.58. The van der Waals surface area contributed by atoms with Crippen LogP contribution in [0.5, 0.6) is 0 Å². The lowest BCUT2D eigenvalue weighted by atomic mass is 10.2. The lowest BCUT2D eigenvalue weighted by Gasteiger charge is -2.01. The van der Waals surface area contributed by atoms with Gasteiger partial charge in [0.1, 0.15) is 5.65 Å². The molecule has 0 amide bonds. The molecule has 2 aromatic heterocycles. The molecule has 4 nitrogen and oxygen atoms in total. The van der Waals surface area contributed by atoms with Gasteiger partial charge in [0.05, 0.1) is 15.6 Å². The number of nitrogens with two attached hydrogens (primary N) is 1. The monoisotopic (exact) mass is 192 g/mol. The Labute approximate surface area is 79.8 Å². The maximum atomic E-state index is 5.50. The summed E-state index contributed by atoms with van der Waals surface area (Å²) >= 11 is 5.14. The Kier molecular flexibility index (Phi) is 1.73. The molecule has 0 unspecified atom stereocenters. The number of aromatic nitrogens is 3. The van der Waals surface area contributed by atoms with E-state index in [1.807, 2.05) is 13.0 Å². The minimum atomic E-state index is 0.266. The van der Waals surface area contributed by atoms with Gasteiger partial charge in [-0.2, -0.15) is 4.98 Å². The molecule has 0 radical (unpaired) electrons. The molecule has 0 fully saturated rings. The van der Waals surface area contributed by atoms with Gasteiger partial charge >= 0.3 is 0 Å². The molecule has 0 aliphatic carbocycles. The Bertz CT molecular complexity index is 517. The number of nitrogens with one attached hydrogen (secondary N) is 1. The lowest BCUT2D eigenvalue weighted by molar-refractivity contribution is 1.14. The average Bonchev–Trinajstić information content (AvgIpc) is 2.02. The zero-order valence-electron chi connectivity index (χ0n) is 7.03. The predicted molar refractivity (Wildman–Crippen MR) is 53.9 cm³/mol. The quantitative estimate of drug-likeness (QED) is 0.622. The molecule has 2 heterocycles. The summed E-state index contributed by atoms with van der Waals surface area (Å²) in [6.45, 7) is 1.87. The van der Waals surface area contributed by atoms with Crippen LogP contribution in [0.1, 0.15) is 5.69 Å². The number of aryl methyl sites for hydroxylation is 1. The van der Waals surface area contributed by atoms with E-state index in [9.17, 15) is 0 Å². The van der Waals surface area contributed by atoms with Crippen molar-refractivity contribution in [1.82, 2.24) is 15.0 Å². The van der Waals surface area contributed by atoms with Gasteiger partial charge in [0.15, 0.2) is 0 Å². The van der Waals surface area contributed by atoms with Gasteiger partial charge in [-0.25, -0.2) is 4.98 Å². The van der Waals surface area contributed by atoms with E-state index in [2.05, 4.69) is 15.0 Å². The van der Waals surface area contributed by atoms with Crippen molar-refractivity contribution in [3.63, 3.8) is 0 Å². The highest BCUT2D eigenvalue weighted by Gasteiger charge is 2.02. The van der Waals surface area contributed by atoms with Crippen LogP contribution in [0, 0.1) is 11.4 Å². The van der Waals surface area contributed by atoms with Crippen LogP contribution in [-0.2, 0) is 0 Å². The number of rotatable bonds is 0. The van der Waals surface area contributed by atoms with Crippen molar-refractivity contribution in [2.75, 3.05) is 5.73 Å².